The summed E-state index contributed by atoms with van der Waals surface area (Å²) in [6, 6.07) is 6.18. The number of rotatable bonds is 12. The Morgan fingerprint density at radius 3 is 2.61 bits per heavy atom. The van der Waals surface area contributed by atoms with Crippen molar-refractivity contribution < 1.29 is 14.3 Å². The number of carbonyl (C=O) groups is 1. The van der Waals surface area contributed by atoms with Crippen molar-refractivity contribution in [1.29, 1.82) is 0 Å². The van der Waals surface area contributed by atoms with E-state index in [9.17, 15) is 4.79 Å². The molecule has 0 saturated heterocycles. The monoisotopic (exact) mass is 506 g/mol. The van der Waals surface area contributed by atoms with Gasteiger partial charge in [0.25, 0.3) is 0 Å². The number of amides is 1. The molecule has 1 rings (SSSR count). The third-order valence-electron chi connectivity index (χ3n) is 3.94. The van der Waals surface area contributed by atoms with Gasteiger partial charge in [0.1, 0.15) is 5.75 Å². The van der Waals surface area contributed by atoms with E-state index < -0.39 is 0 Å². The van der Waals surface area contributed by atoms with Gasteiger partial charge in [0, 0.05) is 32.8 Å². The number of halogens is 1. The number of benzene rings is 1. The summed E-state index contributed by atoms with van der Waals surface area (Å²) in [7, 11) is 3.28. The zero-order valence-electron chi connectivity index (χ0n) is 17.5. The molecule has 0 aliphatic heterocycles. The molecule has 28 heavy (non-hydrogen) atoms. The molecule has 0 aliphatic carbocycles. The Bertz CT molecular complexity index is 597. The van der Waals surface area contributed by atoms with Crippen LogP contribution in [0.4, 0.5) is 0 Å². The predicted molar refractivity (Wildman–Crippen MR) is 125 cm³/mol. The molecule has 0 bridgehead atoms. The quantitative estimate of drug-likeness (QED) is 0.176. The Balaban J connectivity index is 0.00000729. The lowest BCUT2D eigenvalue weighted by atomic mass is 10.1. The van der Waals surface area contributed by atoms with Gasteiger partial charge in [-0.3, -0.25) is 9.79 Å². The highest BCUT2D eigenvalue weighted by Gasteiger charge is 2.07. The number of aryl methyl sites for hydroxylation is 1. The van der Waals surface area contributed by atoms with Gasteiger partial charge in [0.05, 0.1) is 19.8 Å². The summed E-state index contributed by atoms with van der Waals surface area (Å²) >= 11 is 0. The standard InChI is InChI=1S/C20H34N4O3.HI/c1-5-6-7-11-27-18-13-16(2)8-9-17(18)14-23-20(21-3)24-15-19(25)22-10-12-26-4;/h8-9,13H,5-7,10-12,14-15H2,1-4H3,(H,22,25)(H2,21,23,24);1H. The average Bonchev–Trinajstić information content (AvgIpc) is 2.66. The lowest BCUT2D eigenvalue weighted by Crippen LogP contribution is -2.43. The van der Waals surface area contributed by atoms with Crippen LogP contribution in [0.3, 0.4) is 0 Å². The number of nitrogens with zero attached hydrogens (tertiary/aromatic N) is 1. The van der Waals surface area contributed by atoms with Crippen molar-refractivity contribution in [1.82, 2.24) is 16.0 Å². The normalized spacial score (nSPS) is 10.8. The number of guanidine groups is 1. The SMILES string of the molecule is CCCCCOc1cc(C)ccc1CNC(=NC)NCC(=O)NCCOC.I. The minimum Gasteiger partial charge on any atom is -0.493 e. The zero-order chi connectivity index (χ0) is 19.9. The fourth-order valence-electron chi connectivity index (χ4n) is 2.39. The first-order valence-electron chi connectivity index (χ1n) is 9.53. The Morgan fingerprint density at radius 2 is 1.93 bits per heavy atom. The van der Waals surface area contributed by atoms with Crippen LogP contribution in [0.2, 0.25) is 0 Å². The topological polar surface area (TPSA) is 84.0 Å². The molecular formula is C20H35IN4O3. The molecule has 8 heteroatoms. The molecular weight excluding hydrogens is 471 g/mol. The first-order chi connectivity index (χ1) is 13.1. The largest absolute Gasteiger partial charge is 0.493 e. The molecule has 0 aliphatic rings. The van der Waals surface area contributed by atoms with Gasteiger partial charge < -0.3 is 25.4 Å². The van der Waals surface area contributed by atoms with E-state index in [2.05, 4.69) is 53.0 Å². The number of aliphatic imine (C=N–C) groups is 1. The van der Waals surface area contributed by atoms with Crippen LogP contribution >= 0.6 is 24.0 Å². The van der Waals surface area contributed by atoms with E-state index in [4.69, 9.17) is 9.47 Å². The number of hydrogen-bond donors (Lipinski definition) is 3. The lowest BCUT2D eigenvalue weighted by Gasteiger charge is -2.15. The van der Waals surface area contributed by atoms with Crippen molar-refractivity contribution in [3.63, 3.8) is 0 Å². The molecule has 3 N–H and O–H groups in total. The second kappa shape index (κ2) is 16.4. The third-order valence-corrected chi connectivity index (χ3v) is 3.94. The highest BCUT2D eigenvalue weighted by molar-refractivity contribution is 14.0. The van der Waals surface area contributed by atoms with Gasteiger partial charge in [-0.1, -0.05) is 31.9 Å². The van der Waals surface area contributed by atoms with Crippen molar-refractivity contribution in [2.24, 2.45) is 4.99 Å². The number of ether oxygens (including phenoxy) is 2. The van der Waals surface area contributed by atoms with Gasteiger partial charge in [-0.2, -0.15) is 0 Å². The maximum absolute atomic E-state index is 11.7. The molecule has 0 radical (unpaired) electrons. The first-order valence-corrected chi connectivity index (χ1v) is 9.53. The molecule has 160 valence electrons. The molecule has 0 fully saturated rings. The van der Waals surface area contributed by atoms with Crippen LogP contribution < -0.4 is 20.7 Å². The molecule has 1 aromatic rings. The van der Waals surface area contributed by atoms with Crippen LogP contribution in [-0.4, -0.2) is 52.3 Å². The van der Waals surface area contributed by atoms with E-state index in [0.29, 0.717) is 25.7 Å². The second-order valence-corrected chi connectivity index (χ2v) is 6.29. The molecule has 0 atom stereocenters. The highest BCUT2D eigenvalue weighted by Crippen LogP contribution is 2.20. The average molecular weight is 506 g/mol. The molecule has 1 amide bonds. The molecule has 0 saturated carbocycles. The Kier molecular flexibility index (Phi) is 15.5. The van der Waals surface area contributed by atoms with E-state index in [1.165, 1.54) is 18.4 Å². The van der Waals surface area contributed by atoms with Gasteiger partial charge in [0.15, 0.2) is 5.96 Å². The third kappa shape index (κ3) is 11.3. The Hall–Kier alpha value is -1.55. The van der Waals surface area contributed by atoms with Gasteiger partial charge in [0.2, 0.25) is 5.91 Å². The summed E-state index contributed by atoms with van der Waals surface area (Å²) in [4.78, 5) is 15.9. The highest BCUT2D eigenvalue weighted by atomic mass is 127. The van der Waals surface area contributed by atoms with Gasteiger partial charge in [-0.05, 0) is 25.0 Å². The van der Waals surface area contributed by atoms with Crippen molar-refractivity contribution >= 4 is 35.8 Å². The van der Waals surface area contributed by atoms with Gasteiger partial charge >= 0.3 is 0 Å². The summed E-state index contributed by atoms with van der Waals surface area (Å²) in [5, 5.41) is 8.98. The van der Waals surface area contributed by atoms with E-state index in [1.54, 1.807) is 14.2 Å². The minimum absolute atomic E-state index is 0. The zero-order valence-corrected chi connectivity index (χ0v) is 19.8. The molecule has 0 aromatic heterocycles. The second-order valence-electron chi connectivity index (χ2n) is 6.29. The van der Waals surface area contributed by atoms with Crippen LogP contribution in [0.15, 0.2) is 23.2 Å². The number of methoxy groups -OCH3 is 1. The number of nitrogens with one attached hydrogen (secondary N) is 3. The molecule has 0 heterocycles. The number of unbranched alkanes of at least 4 members (excludes halogenated alkanes) is 2. The summed E-state index contributed by atoms with van der Waals surface area (Å²) < 4.78 is 10.9. The maximum atomic E-state index is 11.7. The molecule has 0 spiro atoms. The van der Waals surface area contributed by atoms with Crippen LogP contribution in [0.1, 0.15) is 37.3 Å². The fourth-order valence-corrected chi connectivity index (χ4v) is 2.39. The predicted octanol–water partition coefficient (Wildman–Crippen LogP) is 2.61. The first kappa shape index (κ1) is 26.4. The fraction of sp³-hybridized carbons (Fsp3) is 0.600. The van der Waals surface area contributed by atoms with Crippen LogP contribution in [-0.2, 0) is 16.1 Å². The van der Waals surface area contributed by atoms with Gasteiger partial charge in [-0.25, -0.2) is 0 Å². The van der Waals surface area contributed by atoms with E-state index >= 15 is 0 Å². The van der Waals surface area contributed by atoms with E-state index in [-0.39, 0.29) is 36.4 Å². The van der Waals surface area contributed by atoms with Crippen molar-refractivity contribution in [2.45, 2.75) is 39.7 Å². The van der Waals surface area contributed by atoms with E-state index in [1.807, 2.05) is 0 Å². The summed E-state index contributed by atoms with van der Waals surface area (Å²) in [5.74, 6) is 1.35. The maximum Gasteiger partial charge on any atom is 0.239 e. The van der Waals surface area contributed by atoms with Crippen molar-refractivity contribution in [3.8, 4) is 5.75 Å². The minimum atomic E-state index is -0.106. The summed E-state index contributed by atoms with van der Waals surface area (Å²) in [6.07, 6.45) is 3.40. The Morgan fingerprint density at radius 1 is 1.14 bits per heavy atom. The smallest absolute Gasteiger partial charge is 0.239 e. The number of carbonyl (C=O) groups excluding carboxylic acids is 1. The lowest BCUT2D eigenvalue weighted by molar-refractivity contribution is -0.120. The number of hydrogen-bond acceptors (Lipinski definition) is 4. The molecule has 0 unspecified atom stereocenters. The van der Waals surface area contributed by atoms with Crippen LogP contribution in [0, 0.1) is 6.92 Å². The van der Waals surface area contributed by atoms with Crippen molar-refractivity contribution in [3.05, 3.63) is 29.3 Å². The molecule has 1 aromatic carbocycles. The van der Waals surface area contributed by atoms with Crippen LogP contribution in [0.5, 0.6) is 5.75 Å². The molecule has 7 nitrogen and oxygen atoms in total. The van der Waals surface area contributed by atoms with Crippen molar-refractivity contribution in [2.75, 3.05) is 40.5 Å². The van der Waals surface area contributed by atoms with Crippen LogP contribution in [0.25, 0.3) is 0 Å². The summed E-state index contributed by atoms with van der Waals surface area (Å²) in [5.41, 5.74) is 2.23. The van der Waals surface area contributed by atoms with E-state index in [0.717, 1.165) is 24.3 Å². The Labute approximate surface area is 186 Å². The van der Waals surface area contributed by atoms with Gasteiger partial charge in [-0.15, -0.1) is 24.0 Å². The summed E-state index contributed by atoms with van der Waals surface area (Å²) in [6.45, 7) is 6.65.